The lowest BCUT2D eigenvalue weighted by Crippen LogP contribution is -2.15. The third kappa shape index (κ3) is 2.77. The molecule has 2 aromatic rings. The minimum Gasteiger partial charge on any atom is -0.460 e. The fraction of sp³-hybridized carbons (Fsp3) is 0.200. The highest BCUT2D eigenvalue weighted by molar-refractivity contribution is 5.76. The number of hydrogen-bond acceptors (Lipinski definition) is 6. The van der Waals surface area contributed by atoms with Gasteiger partial charge >= 0.3 is 5.69 Å². The largest absolute Gasteiger partial charge is 0.460 e. The van der Waals surface area contributed by atoms with Gasteiger partial charge in [0, 0.05) is 0 Å². The molecule has 0 spiro atoms. The summed E-state index contributed by atoms with van der Waals surface area (Å²) in [4.78, 5) is 14.6. The molecule has 0 aliphatic heterocycles. The van der Waals surface area contributed by atoms with Gasteiger partial charge in [0.15, 0.2) is 5.82 Å². The third-order valence-electron chi connectivity index (χ3n) is 2.00. The van der Waals surface area contributed by atoms with Gasteiger partial charge in [-0.2, -0.15) is 15.2 Å². The molecule has 7 nitrogen and oxygen atoms in total. The van der Waals surface area contributed by atoms with E-state index >= 15 is 0 Å². The van der Waals surface area contributed by atoms with E-state index in [1.54, 1.807) is 13.0 Å². The fourth-order valence-electron chi connectivity index (χ4n) is 1.18. The van der Waals surface area contributed by atoms with Crippen LogP contribution in [0.5, 0.6) is 0 Å². The Morgan fingerprint density at radius 3 is 3.00 bits per heavy atom. The minimum absolute atomic E-state index is 0.313. The van der Waals surface area contributed by atoms with Crippen molar-refractivity contribution in [3.63, 3.8) is 0 Å². The Labute approximate surface area is 96.6 Å². The maximum Gasteiger partial charge on any atom is 0.363 e. The van der Waals surface area contributed by atoms with Crippen LogP contribution in [-0.2, 0) is 0 Å². The van der Waals surface area contributed by atoms with Crippen LogP contribution in [0.1, 0.15) is 17.2 Å². The molecule has 0 aliphatic carbocycles. The first-order valence-electron chi connectivity index (χ1n) is 4.94. The molecule has 17 heavy (non-hydrogen) atoms. The van der Waals surface area contributed by atoms with Crippen LogP contribution in [0.4, 0.5) is 5.82 Å². The predicted octanol–water partition coefficient (Wildman–Crippen LogP) is 0.821. The quantitative estimate of drug-likeness (QED) is 0.604. The van der Waals surface area contributed by atoms with Crippen molar-refractivity contribution >= 4 is 12.0 Å². The highest BCUT2D eigenvalue weighted by Gasteiger charge is 2.00. The minimum atomic E-state index is -0.526. The topological polar surface area (TPSA) is 96.2 Å². The summed E-state index contributed by atoms with van der Waals surface area (Å²) < 4.78 is 5.28. The van der Waals surface area contributed by atoms with E-state index < -0.39 is 5.69 Å². The van der Waals surface area contributed by atoms with Gasteiger partial charge in [-0.1, -0.05) is 0 Å². The van der Waals surface area contributed by atoms with Gasteiger partial charge in [-0.3, -0.25) is 5.43 Å². The van der Waals surface area contributed by atoms with Crippen molar-refractivity contribution < 1.29 is 4.42 Å². The van der Waals surface area contributed by atoms with Crippen molar-refractivity contribution in [2.24, 2.45) is 5.10 Å². The zero-order valence-electron chi connectivity index (χ0n) is 9.39. The summed E-state index contributed by atoms with van der Waals surface area (Å²) >= 11 is 0. The van der Waals surface area contributed by atoms with Crippen molar-refractivity contribution in [2.45, 2.75) is 13.8 Å². The van der Waals surface area contributed by atoms with Gasteiger partial charge in [-0.05, 0) is 26.0 Å². The standard InChI is InChI=1S/C10H11N5O2/c1-6-3-4-8(17-6)5-11-14-9-7(2)13-15-10(16)12-9/h3-5H,1-2H3,(H2,12,14,15,16)/b11-5+. The van der Waals surface area contributed by atoms with Crippen molar-refractivity contribution in [2.75, 3.05) is 5.43 Å². The molecule has 0 unspecified atom stereocenters. The van der Waals surface area contributed by atoms with Crippen LogP contribution in [0.3, 0.4) is 0 Å². The molecule has 88 valence electrons. The number of hydrogen-bond donors (Lipinski definition) is 2. The number of aryl methyl sites for hydroxylation is 2. The molecular formula is C10H11N5O2. The van der Waals surface area contributed by atoms with Crippen LogP contribution < -0.4 is 11.1 Å². The van der Waals surface area contributed by atoms with Crippen molar-refractivity contribution in [3.8, 4) is 0 Å². The molecule has 2 rings (SSSR count). The van der Waals surface area contributed by atoms with Crippen LogP contribution in [0, 0.1) is 13.8 Å². The van der Waals surface area contributed by atoms with E-state index in [-0.39, 0.29) is 0 Å². The van der Waals surface area contributed by atoms with Crippen molar-refractivity contribution in [3.05, 3.63) is 39.8 Å². The maximum atomic E-state index is 10.9. The molecule has 0 bridgehead atoms. The average molecular weight is 233 g/mol. The van der Waals surface area contributed by atoms with Gasteiger partial charge in [-0.15, -0.1) is 0 Å². The predicted molar refractivity (Wildman–Crippen MR) is 62.1 cm³/mol. The highest BCUT2D eigenvalue weighted by atomic mass is 16.3. The Morgan fingerprint density at radius 2 is 2.29 bits per heavy atom. The molecule has 0 atom stereocenters. The van der Waals surface area contributed by atoms with Crippen LogP contribution in [-0.4, -0.2) is 21.4 Å². The number of anilines is 1. The fourth-order valence-corrected chi connectivity index (χ4v) is 1.18. The zero-order chi connectivity index (χ0) is 12.3. The van der Waals surface area contributed by atoms with E-state index in [1.807, 2.05) is 13.0 Å². The van der Waals surface area contributed by atoms with E-state index in [9.17, 15) is 4.79 Å². The number of nitrogens with one attached hydrogen (secondary N) is 2. The number of furan rings is 1. The molecule has 0 amide bonds. The number of aromatic amines is 1. The number of nitrogens with zero attached hydrogens (tertiary/aromatic N) is 3. The second-order valence-corrected chi connectivity index (χ2v) is 3.39. The van der Waals surface area contributed by atoms with Gasteiger partial charge in [0.25, 0.3) is 0 Å². The number of H-pyrrole nitrogens is 1. The SMILES string of the molecule is Cc1ccc(/C=N/Nc2nc(=O)[nH]nc2C)o1. The van der Waals surface area contributed by atoms with Gasteiger partial charge in [-0.25, -0.2) is 9.89 Å². The Balaban J connectivity index is 2.09. The van der Waals surface area contributed by atoms with E-state index in [4.69, 9.17) is 4.42 Å². The summed E-state index contributed by atoms with van der Waals surface area (Å²) in [5, 5.41) is 9.88. The smallest absolute Gasteiger partial charge is 0.363 e. The van der Waals surface area contributed by atoms with Gasteiger partial charge in [0.1, 0.15) is 17.2 Å². The van der Waals surface area contributed by atoms with Crippen LogP contribution in [0.2, 0.25) is 0 Å². The monoisotopic (exact) mass is 233 g/mol. The van der Waals surface area contributed by atoms with Gasteiger partial charge in [0.05, 0.1) is 6.21 Å². The first-order valence-corrected chi connectivity index (χ1v) is 4.94. The molecule has 0 radical (unpaired) electrons. The average Bonchev–Trinajstić information content (AvgIpc) is 2.69. The molecule has 2 N–H and O–H groups in total. The van der Waals surface area contributed by atoms with Gasteiger partial charge in [0.2, 0.25) is 0 Å². The molecule has 0 saturated carbocycles. The van der Waals surface area contributed by atoms with E-state index in [1.165, 1.54) is 6.21 Å². The second-order valence-electron chi connectivity index (χ2n) is 3.39. The van der Waals surface area contributed by atoms with E-state index in [0.717, 1.165) is 5.76 Å². The van der Waals surface area contributed by atoms with E-state index in [2.05, 4.69) is 25.7 Å². The molecule has 0 aromatic carbocycles. The second kappa shape index (κ2) is 4.60. The van der Waals surface area contributed by atoms with Crippen LogP contribution in [0.25, 0.3) is 0 Å². The molecule has 0 aliphatic rings. The molecule has 2 aromatic heterocycles. The zero-order valence-corrected chi connectivity index (χ0v) is 9.39. The number of hydrazone groups is 1. The van der Waals surface area contributed by atoms with Crippen molar-refractivity contribution in [1.82, 2.24) is 15.2 Å². The first-order chi connectivity index (χ1) is 8.15. The number of aromatic nitrogens is 3. The Morgan fingerprint density at radius 1 is 1.47 bits per heavy atom. The summed E-state index contributed by atoms with van der Waals surface area (Å²) in [6.07, 6.45) is 1.50. The van der Waals surface area contributed by atoms with Crippen molar-refractivity contribution in [1.29, 1.82) is 0 Å². The molecule has 2 heterocycles. The molecule has 0 saturated heterocycles. The van der Waals surface area contributed by atoms with Crippen LogP contribution in [0.15, 0.2) is 26.4 Å². The van der Waals surface area contributed by atoms with Crippen LogP contribution >= 0.6 is 0 Å². The highest BCUT2D eigenvalue weighted by Crippen LogP contribution is 2.05. The Kier molecular flexibility index (Phi) is 2.99. The summed E-state index contributed by atoms with van der Waals surface area (Å²) in [5.41, 5.74) is 2.65. The lowest BCUT2D eigenvalue weighted by atomic mass is 10.4. The summed E-state index contributed by atoms with van der Waals surface area (Å²) in [5.74, 6) is 1.73. The Hall–Kier alpha value is -2.44. The molecular weight excluding hydrogens is 222 g/mol. The Bertz CT molecular complexity index is 599. The normalized spacial score (nSPS) is 10.9. The number of rotatable bonds is 3. The lowest BCUT2D eigenvalue weighted by molar-refractivity contribution is 0.528. The maximum absolute atomic E-state index is 10.9. The summed E-state index contributed by atoms with van der Waals surface area (Å²) in [6, 6.07) is 3.62. The molecule has 0 fully saturated rings. The first kappa shape index (κ1) is 11.1. The van der Waals surface area contributed by atoms with Gasteiger partial charge < -0.3 is 4.42 Å². The summed E-state index contributed by atoms with van der Waals surface area (Å²) in [6.45, 7) is 3.55. The molecule has 7 heteroatoms. The summed E-state index contributed by atoms with van der Waals surface area (Å²) in [7, 11) is 0. The lowest BCUT2D eigenvalue weighted by Gasteiger charge is -1.99. The third-order valence-corrected chi connectivity index (χ3v) is 2.00. The van der Waals surface area contributed by atoms with E-state index in [0.29, 0.717) is 17.3 Å².